The molecular weight excluding hydrogens is 362 g/mol. The number of carbonyl (C=O) groups excluding carboxylic acids is 2. The number of nitro benzene ring substituents is 1. The van der Waals surface area contributed by atoms with Crippen LogP contribution in [0.3, 0.4) is 0 Å². The number of anilines is 1. The summed E-state index contributed by atoms with van der Waals surface area (Å²) in [7, 11) is 1.27. The molecule has 0 saturated carbocycles. The van der Waals surface area contributed by atoms with E-state index in [0.29, 0.717) is 11.3 Å². The zero-order valence-electron chi connectivity index (χ0n) is 15.0. The molecule has 3 aromatic rings. The lowest BCUT2D eigenvalue weighted by Gasteiger charge is -2.21. The molecule has 0 aliphatic heterocycles. The van der Waals surface area contributed by atoms with Crippen LogP contribution in [-0.2, 0) is 11.3 Å². The van der Waals surface area contributed by atoms with E-state index in [-0.39, 0.29) is 23.8 Å². The van der Waals surface area contributed by atoms with Crippen LogP contribution in [0.4, 0.5) is 11.4 Å². The molecule has 0 radical (unpaired) electrons. The lowest BCUT2D eigenvalue weighted by atomic mass is 10.1. The van der Waals surface area contributed by atoms with Gasteiger partial charge in [-0.15, -0.1) is 0 Å². The third-order valence-electron chi connectivity index (χ3n) is 4.14. The molecule has 1 N–H and O–H groups in total. The summed E-state index contributed by atoms with van der Waals surface area (Å²) < 4.78 is 4.69. The summed E-state index contributed by atoms with van der Waals surface area (Å²) in [6.45, 7) is 0.259. The molecule has 1 heterocycles. The SMILES string of the molecule is COC(=O)c1cc(N(Cc2ccccc2)C(=O)c2ccc([N+](=O)[O-])cc2)c[nH]1. The van der Waals surface area contributed by atoms with Crippen LogP contribution in [0, 0.1) is 10.1 Å². The predicted molar refractivity (Wildman–Crippen MR) is 102 cm³/mol. The number of ether oxygens (including phenoxy) is 1. The largest absolute Gasteiger partial charge is 0.464 e. The second-order valence-electron chi connectivity index (χ2n) is 5.94. The average molecular weight is 379 g/mol. The molecule has 8 heteroatoms. The molecule has 0 aliphatic carbocycles. The third-order valence-corrected chi connectivity index (χ3v) is 4.14. The molecule has 0 fully saturated rings. The van der Waals surface area contributed by atoms with Crippen LogP contribution in [0.1, 0.15) is 26.4 Å². The number of rotatable bonds is 6. The first-order valence-corrected chi connectivity index (χ1v) is 8.36. The Labute approximate surface area is 160 Å². The lowest BCUT2D eigenvalue weighted by Crippen LogP contribution is -2.30. The summed E-state index contributed by atoms with van der Waals surface area (Å²) in [5.74, 6) is -0.900. The van der Waals surface area contributed by atoms with Gasteiger partial charge in [0.25, 0.3) is 11.6 Å². The van der Waals surface area contributed by atoms with Gasteiger partial charge in [-0.05, 0) is 23.8 Å². The van der Waals surface area contributed by atoms with Gasteiger partial charge >= 0.3 is 5.97 Å². The van der Waals surface area contributed by atoms with E-state index in [1.807, 2.05) is 30.3 Å². The topological polar surface area (TPSA) is 106 Å². The summed E-state index contributed by atoms with van der Waals surface area (Å²) in [6, 6.07) is 16.3. The third kappa shape index (κ3) is 4.07. The maximum Gasteiger partial charge on any atom is 0.354 e. The molecule has 1 aromatic heterocycles. The van der Waals surface area contributed by atoms with E-state index < -0.39 is 10.9 Å². The molecule has 1 amide bonds. The van der Waals surface area contributed by atoms with E-state index in [9.17, 15) is 19.7 Å². The minimum Gasteiger partial charge on any atom is -0.464 e. The van der Waals surface area contributed by atoms with Crippen molar-refractivity contribution in [1.29, 1.82) is 0 Å². The number of esters is 1. The molecule has 142 valence electrons. The van der Waals surface area contributed by atoms with Crippen LogP contribution >= 0.6 is 0 Å². The van der Waals surface area contributed by atoms with Crippen LogP contribution < -0.4 is 4.90 Å². The number of nitrogens with one attached hydrogen (secondary N) is 1. The van der Waals surface area contributed by atoms with Gasteiger partial charge in [-0.2, -0.15) is 0 Å². The molecule has 28 heavy (non-hydrogen) atoms. The highest BCUT2D eigenvalue weighted by atomic mass is 16.6. The van der Waals surface area contributed by atoms with Gasteiger partial charge in [-0.3, -0.25) is 14.9 Å². The van der Waals surface area contributed by atoms with Crippen molar-refractivity contribution in [1.82, 2.24) is 4.98 Å². The molecule has 8 nitrogen and oxygen atoms in total. The van der Waals surface area contributed by atoms with Crippen molar-refractivity contribution in [2.24, 2.45) is 0 Å². The highest BCUT2D eigenvalue weighted by Crippen LogP contribution is 2.23. The standard InChI is InChI=1S/C20H17N3O5/c1-28-20(25)18-11-17(12-21-18)22(13-14-5-3-2-4-6-14)19(24)15-7-9-16(10-8-15)23(26)27/h2-12,21H,13H2,1H3. The zero-order valence-corrected chi connectivity index (χ0v) is 15.0. The number of H-pyrrole nitrogens is 1. The Kier molecular flexibility index (Phi) is 5.50. The maximum atomic E-state index is 13.1. The monoisotopic (exact) mass is 379 g/mol. The molecule has 2 aromatic carbocycles. The normalized spacial score (nSPS) is 10.3. The first-order chi connectivity index (χ1) is 13.5. The summed E-state index contributed by atoms with van der Waals surface area (Å²) in [4.78, 5) is 39.4. The Bertz CT molecular complexity index is 996. The Morgan fingerprint density at radius 2 is 1.79 bits per heavy atom. The van der Waals surface area contributed by atoms with Gasteiger partial charge in [-0.1, -0.05) is 30.3 Å². The van der Waals surface area contributed by atoms with E-state index >= 15 is 0 Å². The molecule has 0 atom stereocenters. The Morgan fingerprint density at radius 3 is 2.39 bits per heavy atom. The summed E-state index contributed by atoms with van der Waals surface area (Å²) >= 11 is 0. The van der Waals surface area contributed by atoms with Gasteiger partial charge in [-0.25, -0.2) is 4.79 Å². The minimum absolute atomic E-state index is 0.0965. The Hall–Kier alpha value is -3.94. The minimum atomic E-state index is -0.548. The summed E-state index contributed by atoms with van der Waals surface area (Å²) in [6.07, 6.45) is 1.54. The molecule has 0 saturated heterocycles. The van der Waals surface area contributed by atoms with Crippen molar-refractivity contribution in [2.45, 2.75) is 6.54 Å². The number of carbonyl (C=O) groups is 2. The van der Waals surface area contributed by atoms with Crippen LogP contribution in [0.25, 0.3) is 0 Å². The number of aromatic amines is 1. The van der Waals surface area contributed by atoms with Crippen molar-refractivity contribution < 1.29 is 19.2 Å². The molecule has 0 unspecified atom stereocenters. The van der Waals surface area contributed by atoms with Crippen LogP contribution in [0.5, 0.6) is 0 Å². The van der Waals surface area contributed by atoms with Gasteiger partial charge in [0.2, 0.25) is 0 Å². The van der Waals surface area contributed by atoms with Gasteiger partial charge < -0.3 is 14.6 Å². The predicted octanol–water partition coefficient (Wildman–Crippen LogP) is 3.56. The number of aromatic nitrogens is 1. The van der Waals surface area contributed by atoms with Crippen molar-refractivity contribution in [3.8, 4) is 0 Å². The quantitative estimate of drug-likeness (QED) is 0.400. The fourth-order valence-corrected chi connectivity index (χ4v) is 2.69. The van der Waals surface area contributed by atoms with E-state index in [2.05, 4.69) is 4.98 Å². The summed E-state index contributed by atoms with van der Waals surface area (Å²) in [5, 5.41) is 10.8. The highest BCUT2D eigenvalue weighted by molar-refractivity contribution is 6.06. The van der Waals surface area contributed by atoms with Gasteiger partial charge in [0, 0.05) is 23.9 Å². The average Bonchev–Trinajstić information content (AvgIpc) is 3.21. The van der Waals surface area contributed by atoms with Crippen LogP contribution in [0.2, 0.25) is 0 Å². The molecular formula is C20H17N3O5. The van der Waals surface area contributed by atoms with Gasteiger partial charge in [0.05, 0.1) is 24.3 Å². The first-order valence-electron chi connectivity index (χ1n) is 8.36. The van der Waals surface area contributed by atoms with Gasteiger partial charge in [0.15, 0.2) is 0 Å². The zero-order chi connectivity index (χ0) is 20.1. The van der Waals surface area contributed by atoms with Crippen molar-refractivity contribution in [2.75, 3.05) is 12.0 Å². The Balaban J connectivity index is 1.95. The fourth-order valence-electron chi connectivity index (χ4n) is 2.69. The molecule has 0 spiro atoms. The van der Waals surface area contributed by atoms with Crippen LogP contribution in [-0.4, -0.2) is 28.9 Å². The highest BCUT2D eigenvalue weighted by Gasteiger charge is 2.21. The first kappa shape index (κ1) is 18.8. The summed E-state index contributed by atoms with van der Waals surface area (Å²) in [5.41, 5.74) is 1.78. The molecule has 3 rings (SSSR count). The molecule has 0 bridgehead atoms. The van der Waals surface area contributed by atoms with Crippen molar-refractivity contribution in [3.05, 3.63) is 93.8 Å². The number of benzene rings is 2. The molecule has 0 aliphatic rings. The Morgan fingerprint density at radius 1 is 1.11 bits per heavy atom. The number of nitrogens with zero attached hydrogens (tertiary/aromatic N) is 2. The van der Waals surface area contributed by atoms with Crippen molar-refractivity contribution in [3.63, 3.8) is 0 Å². The maximum absolute atomic E-state index is 13.1. The van der Waals surface area contributed by atoms with Gasteiger partial charge in [0.1, 0.15) is 5.69 Å². The second-order valence-corrected chi connectivity index (χ2v) is 5.94. The van der Waals surface area contributed by atoms with Crippen molar-refractivity contribution >= 4 is 23.3 Å². The van der Waals surface area contributed by atoms with E-state index in [0.717, 1.165) is 5.56 Å². The number of hydrogen-bond donors (Lipinski definition) is 1. The second kappa shape index (κ2) is 8.17. The number of methoxy groups -OCH3 is 1. The van der Waals surface area contributed by atoms with E-state index in [1.54, 1.807) is 6.20 Å². The lowest BCUT2D eigenvalue weighted by molar-refractivity contribution is -0.384. The number of nitro groups is 1. The van der Waals surface area contributed by atoms with E-state index in [1.165, 1.54) is 42.3 Å². The number of non-ortho nitro benzene ring substituents is 1. The smallest absolute Gasteiger partial charge is 0.354 e. The van der Waals surface area contributed by atoms with E-state index in [4.69, 9.17) is 4.74 Å². The number of amides is 1. The fraction of sp³-hybridized carbons (Fsp3) is 0.100. The van der Waals surface area contributed by atoms with Crippen LogP contribution in [0.15, 0.2) is 66.9 Å². The number of hydrogen-bond acceptors (Lipinski definition) is 5.